The van der Waals surface area contributed by atoms with E-state index in [0.29, 0.717) is 0 Å². The quantitative estimate of drug-likeness (QED) is 0.103. The van der Waals surface area contributed by atoms with Crippen molar-refractivity contribution < 1.29 is 84.3 Å². The molecule has 0 unspecified atom stereocenters. The van der Waals surface area contributed by atoms with Gasteiger partial charge in [0.25, 0.3) is 0 Å². The maximum Gasteiger partial charge on any atom is 2.00 e. The second-order valence-corrected chi connectivity index (χ2v) is 43.1. The molecule has 20 heterocycles. The summed E-state index contributed by atoms with van der Waals surface area (Å²) in [6.45, 7) is -0.849. The summed E-state index contributed by atoms with van der Waals surface area (Å²) < 4.78 is 16.8. The Morgan fingerprint density at radius 2 is 0.429 bits per heavy atom. The number of hydrogen-bond donors (Lipinski definition) is 0. The van der Waals surface area contributed by atoms with Gasteiger partial charge in [-0.1, -0.05) is 115 Å². The Hall–Kier alpha value is -10.7. The van der Waals surface area contributed by atoms with Gasteiger partial charge in [0.1, 0.15) is 0 Å². The smallest absolute Gasteiger partial charge is 0.373 e. The van der Waals surface area contributed by atoms with Crippen LogP contribution in [0.15, 0.2) is 299 Å². The van der Waals surface area contributed by atoms with Gasteiger partial charge in [-0.15, -0.1) is 257 Å². The Kier molecular flexibility index (Phi) is 22.4. The summed E-state index contributed by atoms with van der Waals surface area (Å²) in [5.41, 5.74) is 28.8. The van der Waals surface area contributed by atoms with Crippen molar-refractivity contribution in [2.45, 2.75) is 78.8 Å². The van der Waals surface area contributed by atoms with E-state index >= 15 is 0 Å². The topological polar surface area (TPSA) is 194 Å². The number of rotatable bonds is 8. The molecule has 36 heteroatoms. The van der Waals surface area contributed by atoms with Crippen LogP contribution in [0.4, 0.5) is 0 Å². The van der Waals surface area contributed by atoms with Gasteiger partial charge in [-0.3, -0.25) is 39.9 Å². The van der Waals surface area contributed by atoms with Gasteiger partial charge in [0, 0.05) is 165 Å². The van der Waals surface area contributed by atoms with E-state index in [2.05, 4.69) is 216 Å². The van der Waals surface area contributed by atoms with Crippen LogP contribution in [0.2, 0.25) is 0 Å². The van der Waals surface area contributed by atoms with Crippen molar-refractivity contribution in [2.75, 3.05) is 0 Å². The first-order valence-corrected chi connectivity index (χ1v) is 50.6. The minimum atomic E-state index is -0.246. The van der Waals surface area contributed by atoms with Crippen LogP contribution in [0.3, 0.4) is 0 Å². The van der Waals surface area contributed by atoms with Crippen LogP contribution >= 0.6 is 94.1 Å². The Labute approximate surface area is 896 Å². The Morgan fingerprint density at radius 1 is 0.221 bits per heavy atom. The predicted octanol–water partition coefficient (Wildman–Crippen LogP) is 12.9. The molecule has 22 aromatic rings. The van der Waals surface area contributed by atoms with Crippen LogP contribution in [-0.2, 0) is 141 Å². The van der Waals surface area contributed by atoms with Crippen molar-refractivity contribution in [1.82, 2.24) is 96.3 Å². The molecule has 8 aliphatic rings. The minimum absolute atomic E-state index is 0. The summed E-state index contributed by atoms with van der Waals surface area (Å²) in [5.74, 6) is 6.80. The third-order valence-electron chi connectivity index (χ3n) is 27.2. The van der Waals surface area contributed by atoms with E-state index in [-0.39, 0.29) is 111 Å². The monoisotopic (exact) mass is 2670 g/mol. The Bertz CT molecular complexity index is 8120. The van der Waals surface area contributed by atoms with Crippen molar-refractivity contribution in [2.24, 2.45) is 56.4 Å². The second-order valence-electron chi connectivity index (χ2n) is 34.9. The molecule has 20 nitrogen and oxygen atoms in total. The van der Waals surface area contributed by atoms with Gasteiger partial charge < -0.3 is 56.5 Å². The van der Waals surface area contributed by atoms with Crippen molar-refractivity contribution in [3.8, 4) is 91.1 Å². The van der Waals surface area contributed by atoms with Crippen molar-refractivity contribution in [1.29, 1.82) is 0 Å². The molecule has 0 saturated heterocycles. The van der Waals surface area contributed by atoms with Gasteiger partial charge in [0.05, 0.1) is 90.7 Å². The maximum absolute atomic E-state index is 5.38. The third kappa shape index (κ3) is 13.7. The Morgan fingerprint density at radius 3 is 0.664 bits per heavy atom. The van der Waals surface area contributed by atoms with Crippen LogP contribution in [0.5, 0.6) is 0 Å². The number of aryl methyl sites for hydroxylation is 8. The molecular weight excluding hydrogens is 2610 g/mol. The van der Waals surface area contributed by atoms with E-state index in [1.165, 1.54) is 61.0 Å². The SMILES string of the molecule is Cn1c(-c2[c-]c3c(cc2)Sc2c4c5c(c6c2B3c2[c-]c(-c3nc7ccccc7n3C)cnc2S6)Sc2ncc(-c3nc6ccccc6n3C)[c-]c2B5c2[c-]c(-c3nc5ccccc5n3C)ccc2S4)nc2ccccc21.Cn1ccnc1-c1[c-]c2c(cc1)Sc1c3c4c(c5c1B2c1[c-]c(-c2nccn2C)cnc1S5)Sc1ncc(-c2nccn2C)[c-]c1B4c1[c-]c(-c2nccn2C)ccc1S3.[Pt+2].[Pt+2].[Pt+2].[Pt+2]. The summed E-state index contributed by atoms with van der Waals surface area (Å²) in [4.78, 5) is 75.1. The molecule has 30 rings (SSSR count). The predicted molar refractivity (Wildman–Crippen MR) is 546 cm³/mol. The fourth-order valence-electron chi connectivity index (χ4n) is 20.8. The van der Waals surface area contributed by atoms with Crippen LogP contribution in [0, 0.1) is 48.5 Å². The fourth-order valence-corrected chi connectivity index (χ4v) is 31.2. The molecule has 0 bridgehead atoms. The molecule has 0 saturated carbocycles. The first kappa shape index (κ1) is 90.6. The number of imidazole rings is 8. The van der Waals surface area contributed by atoms with Gasteiger partial charge in [0.15, 0.2) is 0 Å². The van der Waals surface area contributed by atoms with Crippen molar-refractivity contribution in [3.63, 3.8) is 0 Å². The fraction of sp³-hybridized carbons (Fsp3) is 0.0769. The van der Waals surface area contributed by atoms with Crippen LogP contribution in [0.25, 0.3) is 135 Å². The molecule has 0 fully saturated rings. The first-order chi connectivity index (χ1) is 66.7. The molecule has 12 aromatic heterocycles. The molecule has 0 atom stereocenters. The number of benzene rings is 10. The summed E-state index contributed by atoms with van der Waals surface area (Å²) >= 11 is 14.4. The molecule has 10 aromatic carbocycles. The van der Waals surface area contributed by atoms with Gasteiger partial charge >= 0.3 is 84.3 Å². The summed E-state index contributed by atoms with van der Waals surface area (Å²) in [6.07, 6.45) is 22.9. The van der Waals surface area contributed by atoms with E-state index in [0.717, 1.165) is 219 Å². The van der Waals surface area contributed by atoms with E-state index < -0.39 is 0 Å². The van der Waals surface area contributed by atoms with E-state index in [9.17, 15) is 0 Å². The third-order valence-corrected chi connectivity index (χ3v) is 37.2. The van der Waals surface area contributed by atoms with Crippen molar-refractivity contribution in [3.05, 3.63) is 268 Å². The second kappa shape index (κ2) is 34.6. The first-order valence-electron chi connectivity index (χ1n) is 44.1. The molecule has 8 aliphatic heterocycles. The van der Waals surface area contributed by atoms with Crippen LogP contribution < -0.4 is 65.6 Å². The van der Waals surface area contributed by atoms with E-state index in [1.807, 2.05) is 192 Å². The summed E-state index contributed by atoms with van der Waals surface area (Å²) in [6, 6.07) is 82.5. The zero-order chi connectivity index (χ0) is 90.2. The average Bonchev–Trinajstić information content (AvgIpc) is 0.853. The van der Waals surface area contributed by atoms with Gasteiger partial charge in [-0.25, -0.2) is 0 Å². The molecule has 140 heavy (non-hydrogen) atoms. The van der Waals surface area contributed by atoms with Gasteiger partial charge in [-0.2, -0.15) is 0 Å². The number of fused-ring (bicyclic) bond motifs is 24. The zero-order valence-electron chi connectivity index (χ0n) is 74.6. The van der Waals surface area contributed by atoms with Crippen molar-refractivity contribution >= 4 is 231 Å². The number of nitrogens with zero attached hydrogens (tertiary/aromatic N) is 20. The number of hydrogen-bond acceptors (Lipinski definition) is 20. The zero-order valence-corrected chi connectivity index (χ0v) is 90.2. The molecule has 0 N–H and O–H groups in total. The van der Waals surface area contributed by atoms with Crippen LogP contribution in [0.1, 0.15) is 0 Å². The summed E-state index contributed by atoms with van der Waals surface area (Å²) in [7, 11) is 16.4. The number of para-hydroxylation sites is 8. The van der Waals surface area contributed by atoms with Gasteiger partial charge in [-0.05, 0) is 70.4 Å². The molecule has 0 amide bonds. The molecule has 676 valence electrons. The average molecular weight is 2670 g/mol. The molecule has 0 spiro atoms. The Balaban J connectivity index is 0.000000147. The minimum Gasteiger partial charge on any atom is -0.373 e. The van der Waals surface area contributed by atoms with Gasteiger partial charge in [0.2, 0.25) is 26.9 Å². The van der Waals surface area contributed by atoms with Crippen LogP contribution in [-0.4, -0.2) is 123 Å². The molecule has 0 radical (unpaired) electrons. The summed E-state index contributed by atoms with van der Waals surface area (Å²) in [5, 5.41) is 3.70. The maximum atomic E-state index is 5.38. The molecule has 0 aliphatic carbocycles. The standard InChI is InChI=1S/C60H34B2N10S4.C44H26B2N10S4.4Pt/c1-69-43-17-9-5-13-39(43)65-55(69)31-21-23-47-35(25-31)61-37-27-33(57-67-41-15-7-11-19-45(41)71(57)3)29-63-59(37)75-53-49(61)51(73-47)52-50-54(53)76-60-38(28-34(30-64-60)58-68-42-16-8-12-20-46(42)72(58)4)62(50)36-26-32(22-24-48(36)74-52)56-66-40-14-6-10-18-44(40)70(56)2;1-53-13-9-47-39(53)23-5-7-31-27(17-23)45-29-19-25(41-49-11-15-55(41)3)21-51-43(29)59-37-33(45)35(57-31)36-34-38(37)60-44-30(20-26(22-52-44)42-50-12-16-56(42)4)46(34)28-18-24(6-8-32(28)58-36)40-48-10-14-54(40)2;;;;/h5-24,29-30H,1-4H3;5-16,21-22H,1-4H3;;;;/q2*-4;4*+2. The normalized spacial score (nSPS) is 13.5. The van der Waals surface area contributed by atoms with E-state index in [1.54, 1.807) is 47.0 Å². The van der Waals surface area contributed by atoms with E-state index in [4.69, 9.17) is 59.8 Å². The number of pyridine rings is 4. The largest absolute Gasteiger partial charge is 2.00 e. The number of aromatic nitrogens is 20. The molecular formula is C104H60B4N20Pt4S8.